The number of ether oxygens (including phenoxy) is 1. The van der Waals surface area contributed by atoms with Crippen LogP contribution >= 0.6 is 0 Å². The first kappa shape index (κ1) is 21.6. The van der Waals surface area contributed by atoms with Gasteiger partial charge in [0.1, 0.15) is 12.2 Å². The number of hydrogen-bond donors (Lipinski definition) is 1. The Hall–Kier alpha value is -1.42. The van der Waals surface area contributed by atoms with E-state index in [2.05, 4.69) is 26.8 Å². The van der Waals surface area contributed by atoms with Crippen LogP contribution < -0.4 is 0 Å². The Labute approximate surface area is 140 Å². The number of esters is 1. The van der Waals surface area contributed by atoms with E-state index in [9.17, 15) is 14.7 Å². The van der Waals surface area contributed by atoms with Gasteiger partial charge in [-0.2, -0.15) is 0 Å². The van der Waals surface area contributed by atoms with Gasteiger partial charge in [-0.1, -0.05) is 30.7 Å². The second-order valence-electron chi connectivity index (χ2n) is 6.25. The molecule has 0 aromatic rings. The maximum Gasteiger partial charge on any atom is 0.313 e. The highest BCUT2D eigenvalue weighted by molar-refractivity contribution is 5.95. The van der Waals surface area contributed by atoms with E-state index in [-0.39, 0.29) is 12.2 Å². The van der Waals surface area contributed by atoms with Crippen LogP contribution in [0.15, 0.2) is 23.8 Å². The standard InChI is InChI=1S/C19H32O4/c1-5-23-19(22)14-18(21)12-7-6-11-17(20)13-16(4)10-8-9-15(2)3/h6,9,11,16-17,20H,5,7-8,10,12-14H2,1-4H3/b11-6+. The number of allylic oxidation sites excluding steroid dienone is 3. The normalized spacial score (nSPS) is 13.6. The predicted molar refractivity (Wildman–Crippen MR) is 93.1 cm³/mol. The van der Waals surface area contributed by atoms with Crippen LogP contribution in [0.2, 0.25) is 0 Å². The van der Waals surface area contributed by atoms with Crippen molar-refractivity contribution < 1.29 is 19.4 Å². The summed E-state index contributed by atoms with van der Waals surface area (Å²) in [6.07, 6.45) is 8.82. The number of rotatable bonds is 12. The lowest BCUT2D eigenvalue weighted by Crippen LogP contribution is -2.11. The Balaban J connectivity index is 3.87. The molecule has 0 fully saturated rings. The molecule has 2 unspecified atom stereocenters. The monoisotopic (exact) mass is 324 g/mol. The third kappa shape index (κ3) is 13.9. The predicted octanol–water partition coefficient (Wildman–Crippen LogP) is 3.98. The van der Waals surface area contributed by atoms with E-state index in [1.807, 2.05) is 6.08 Å². The van der Waals surface area contributed by atoms with Gasteiger partial charge in [0.05, 0.1) is 12.7 Å². The third-order valence-electron chi connectivity index (χ3n) is 3.45. The van der Waals surface area contributed by atoms with E-state index >= 15 is 0 Å². The van der Waals surface area contributed by atoms with E-state index in [1.165, 1.54) is 5.57 Å². The molecule has 0 aliphatic carbocycles. The van der Waals surface area contributed by atoms with E-state index in [0.29, 0.717) is 25.4 Å². The van der Waals surface area contributed by atoms with Crippen LogP contribution in [0.25, 0.3) is 0 Å². The first-order chi connectivity index (χ1) is 10.8. The first-order valence-electron chi connectivity index (χ1n) is 8.50. The lowest BCUT2D eigenvalue weighted by atomic mass is 9.97. The highest BCUT2D eigenvalue weighted by Crippen LogP contribution is 2.15. The van der Waals surface area contributed by atoms with Crippen molar-refractivity contribution >= 4 is 11.8 Å². The Morgan fingerprint density at radius 1 is 1.22 bits per heavy atom. The van der Waals surface area contributed by atoms with Gasteiger partial charge in [0.2, 0.25) is 0 Å². The van der Waals surface area contributed by atoms with Crippen LogP contribution in [0.1, 0.15) is 66.2 Å². The summed E-state index contributed by atoms with van der Waals surface area (Å²) in [5, 5.41) is 9.95. The molecule has 132 valence electrons. The summed E-state index contributed by atoms with van der Waals surface area (Å²) >= 11 is 0. The van der Waals surface area contributed by atoms with Crippen LogP contribution in [0.5, 0.6) is 0 Å². The number of carbonyl (C=O) groups is 2. The third-order valence-corrected chi connectivity index (χ3v) is 3.45. The van der Waals surface area contributed by atoms with Crippen LogP contribution in [0.4, 0.5) is 0 Å². The van der Waals surface area contributed by atoms with E-state index < -0.39 is 12.1 Å². The smallest absolute Gasteiger partial charge is 0.313 e. The largest absolute Gasteiger partial charge is 0.466 e. The van der Waals surface area contributed by atoms with Crippen molar-refractivity contribution in [1.82, 2.24) is 0 Å². The fourth-order valence-corrected chi connectivity index (χ4v) is 2.22. The first-order valence-corrected chi connectivity index (χ1v) is 8.50. The van der Waals surface area contributed by atoms with Gasteiger partial charge in [-0.25, -0.2) is 0 Å². The molecule has 0 spiro atoms. The van der Waals surface area contributed by atoms with Gasteiger partial charge in [0.15, 0.2) is 0 Å². The highest BCUT2D eigenvalue weighted by atomic mass is 16.5. The van der Waals surface area contributed by atoms with Crippen molar-refractivity contribution in [1.29, 1.82) is 0 Å². The summed E-state index contributed by atoms with van der Waals surface area (Å²) in [5.41, 5.74) is 1.32. The van der Waals surface area contributed by atoms with Crippen LogP contribution in [0, 0.1) is 5.92 Å². The fraction of sp³-hybridized carbons (Fsp3) is 0.684. The van der Waals surface area contributed by atoms with Gasteiger partial charge in [0.25, 0.3) is 0 Å². The Bertz CT molecular complexity index is 406. The molecule has 4 nitrogen and oxygen atoms in total. The molecule has 0 heterocycles. The second-order valence-corrected chi connectivity index (χ2v) is 6.25. The maximum absolute atomic E-state index is 11.5. The Morgan fingerprint density at radius 3 is 2.52 bits per heavy atom. The summed E-state index contributed by atoms with van der Waals surface area (Å²) in [6, 6.07) is 0. The molecule has 0 amide bonds. The molecule has 1 N–H and O–H groups in total. The number of hydrogen-bond acceptors (Lipinski definition) is 4. The molecule has 0 saturated carbocycles. The molecule has 0 bridgehead atoms. The van der Waals surface area contributed by atoms with Crippen molar-refractivity contribution in [3.63, 3.8) is 0 Å². The van der Waals surface area contributed by atoms with Crippen molar-refractivity contribution in [2.75, 3.05) is 6.61 Å². The number of ketones is 1. The summed E-state index contributed by atoms with van der Waals surface area (Å²) in [5.74, 6) is -0.139. The van der Waals surface area contributed by atoms with Gasteiger partial charge in [-0.3, -0.25) is 9.59 Å². The molecular formula is C19H32O4. The van der Waals surface area contributed by atoms with Crippen LogP contribution in [0.3, 0.4) is 0 Å². The van der Waals surface area contributed by atoms with Crippen molar-refractivity contribution in [2.45, 2.75) is 72.3 Å². The molecule has 0 rings (SSSR count). The minimum Gasteiger partial charge on any atom is -0.466 e. The van der Waals surface area contributed by atoms with E-state index in [0.717, 1.165) is 19.3 Å². The zero-order valence-electron chi connectivity index (χ0n) is 15.0. The average molecular weight is 324 g/mol. The molecule has 0 aromatic heterocycles. The molecule has 23 heavy (non-hydrogen) atoms. The maximum atomic E-state index is 11.5. The SMILES string of the molecule is CCOC(=O)CC(=O)CC/C=C/C(O)CC(C)CCC=C(C)C. The molecule has 0 aliphatic rings. The van der Waals surface area contributed by atoms with Gasteiger partial charge >= 0.3 is 5.97 Å². The second kappa shape index (κ2) is 13.1. The zero-order chi connectivity index (χ0) is 17.7. The van der Waals surface area contributed by atoms with Gasteiger partial charge < -0.3 is 9.84 Å². The molecular weight excluding hydrogens is 292 g/mol. The Morgan fingerprint density at radius 2 is 1.91 bits per heavy atom. The van der Waals surface area contributed by atoms with Gasteiger partial charge in [-0.05, 0) is 52.4 Å². The minimum atomic E-state index is -0.475. The summed E-state index contributed by atoms with van der Waals surface area (Å²) in [7, 11) is 0. The van der Waals surface area contributed by atoms with Crippen molar-refractivity contribution in [2.24, 2.45) is 5.92 Å². The van der Waals surface area contributed by atoms with Crippen LogP contribution in [-0.4, -0.2) is 29.6 Å². The van der Waals surface area contributed by atoms with Gasteiger partial charge in [-0.15, -0.1) is 0 Å². The number of Topliss-reactive ketones (excluding diaryl/α,β-unsaturated/α-hetero) is 1. The number of aliphatic hydroxyl groups is 1. The fourth-order valence-electron chi connectivity index (χ4n) is 2.22. The molecule has 0 aliphatic heterocycles. The van der Waals surface area contributed by atoms with Crippen LogP contribution in [-0.2, 0) is 14.3 Å². The number of aliphatic hydroxyl groups excluding tert-OH is 1. The highest BCUT2D eigenvalue weighted by Gasteiger charge is 2.10. The molecule has 0 aromatic carbocycles. The van der Waals surface area contributed by atoms with Crippen molar-refractivity contribution in [3.05, 3.63) is 23.8 Å². The lowest BCUT2D eigenvalue weighted by Gasteiger charge is -2.12. The molecule has 2 atom stereocenters. The molecule has 0 saturated heterocycles. The lowest BCUT2D eigenvalue weighted by molar-refractivity contribution is -0.145. The summed E-state index contributed by atoms with van der Waals surface area (Å²) in [4.78, 5) is 22.7. The Kier molecular flexibility index (Phi) is 12.3. The van der Waals surface area contributed by atoms with Crippen molar-refractivity contribution in [3.8, 4) is 0 Å². The van der Waals surface area contributed by atoms with E-state index in [1.54, 1.807) is 13.0 Å². The molecule has 0 radical (unpaired) electrons. The minimum absolute atomic E-state index is 0.127. The summed E-state index contributed by atoms with van der Waals surface area (Å²) < 4.78 is 4.73. The topological polar surface area (TPSA) is 63.6 Å². The quantitative estimate of drug-likeness (QED) is 0.335. The zero-order valence-corrected chi connectivity index (χ0v) is 15.0. The summed E-state index contributed by atoms with van der Waals surface area (Å²) in [6.45, 7) is 8.33. The average Bonchev–Trinajstić information content (AvgIpc) is 2.43. The number of carbonyl (C=O) groups excluding carboxylic acids is 2. The van der Waals surface area contributed by atoms with Gasteiger partial charge in [0, 0.05) is 6.42 Å². The molecule has 4 heteroatoms. The van der Waals surface area contributed by atoms with E-state index in [4.69, 9.17) is 4.74 Å².